The van der Waals surface area contributed by atoms with Crippen molar-refractivity contribution in [3.05, 3.63) is 24.3 Å². The van der Waals surface area contributed by atoms with Crippen molar-refractivity contribution in [3.63, 3.8) is 0 Å². The molecular weight excluding hydrogens is 262 g/mol. The average Bonchev–Trinajstić information content (AvgIpc) is 2.85. The molecule has 7 heteroatoms. The van der Waals surface area contributed by atoms with Crippen LogP contribution in [0.15, 0.2) is 18.5 Å². The molecule has 0 aromatic carbocycles. The van der Waals surface area contributed by atoms with Gasteiger partial charge in [-0.25, -0.2) is 0 Å². The Morgan fingerprint density at radius 3 is 2.68 bits per heavy atom. The monoisotopic (exact) mass is 275 g/mol. The molecule has 0 saturated carbocycles. The smallest absolute Gasteiger partial charge is 0.235 e. The molecule has 0 amide bonds. The van der Waals surface area contributed by atoms with E-state index in [0.717, 1.165) is 21.4 Å². The van der Waals surface area contributed by atoms with Crippen molar-refractivity contribution in [2.24, 2.45) is 0 Å². The number of nitrogens with zero attached hydrogens (tertiary/aromatic N) is 5. The minimum atomic E-state index is -0.123. The van der Waals surface area contributed by atoms with E-state index in [4.69, 9.17) is 0 Å². The van der Waals surface area contributed by atoms with Gasteiger partial charge in [0.25, 0.3) is 0 Å². The van der Waals surface area contributed by atoms with Crippen LogP contribution in [0.4, 0.5) is 0 Å². The molecule has 6 nitrogen and oxygen atoms in total. The minimum Gasteiger partial charge on any atom is -0.506 e. The first-order chi connectivity index (χ1) is 8.95. The van der Waals surface area contributed by atoms with Crippen LogP contribution >= 0.6 is 11.3 Å². The number of fused-ring (bicyclic) bond motifs is 1. The van der Waals surface area contributed by atoms with Crippen molar-refractivity contribution in [1.82, 2.24) is 24.8 Å². The first-order valence-electron chi connectivity index (χ1n) is 5.82. The molecule has 0 fully saturated rings. The van der Waals surface area contributed by atoms with E-state index in [-0.39, 0.29) is 11.2 Å². The second-order valence-electron chi connectivity index (χ2n) is 5.31. The highest BCUT2D eigenvalue weighted by Crippen LogP contribution is 2.29. The average molecular weight is 275 g/mol. The molecule has 0 aliphatic rings. The molecule has 0 spiro atoms. The van der Waals surface area contributed by atoms with Gasteiger partial charge >= 0.3 is 0 Å². The molecule has 0 aliphatic carbocycles. The lowest BCUT2D eigenvalue weighted by Crippen LogP contribution is -2.16. The van der Waals surface area contributed by atoms with E-state index in [9.17, 15) is 5.11 Å². The molecule has 0 bridgehead atoms. The first kappa shape index (κ1) is 12.0. The summed E-state index contributed by atoms with van der Waals surface area (Å²) in [6.07, 6.45) is 3.06. The van der Waals surface area contributed by atoms with Gasteiger partial charge in [0.05, 0.1) is 6.20 Å². The molecule has 3 aromatic heterocycles. The van der Waals surface area contributed by atoms with E-state index in [0.29, 0.717) is 0 Å². The zero-order valence-electron chi connectivity index (χ0n) is 10.8. The van der Waals surface area contributed by atoms with Gasteiger partial charge in [-0.05, 0) is 6.07 Å². The van der Waals surface area contributed by atoms with Gasteiger partial charge in [-0.2, -0.15) is 9.61 Å². The maximum absolute atomic E-state index is 9.46. The van der Waals surface area contributed by atoms with E-state index >= 15 is 0 Å². The van der Waals surface area contributed by atoms with Crippen LogP contribution in [-0.2, 0) is 5.41 Å². The second-order valence-corrected chi connectivity index (χ2v) is 6.26. The predicted molar refractivity (Wildman–Crippen MR) is 72.3 cm³/mol. The normalized spacial score (nSPS) is 12.2. The fourth-order valence-corrected chi connectivity index (χ4v) is 2.57. The summed E-state index contributed by atoms with van der Waals surface area (Å²) in [7, 11) is 0. The maximum atomic E-state index is 9.46. The van der Waals surface area contributed by atoms with Gasteiger partial charge in [0.2, 0.25) is 4.96 Å². The fraction of sp³-hybridized carbons (Fsp3) is 0.333. The highest BCUT2D eigenvalue weighted by molar-refractivity contribution is 7.19. The zero-order valence-corrected chi connectivity index (χ0v) is 11.6. The van der Waals surface area contributed by atoms with Gasteiger partial charge in [-0.1, -0.05) is 32.1 Å². The standard InChI is InChI=1S/C12H13N5OS/c1-12(2,3)10-14-15-11-17(10)16-9(19-11)7-4-8(18)6-13-5-7/h4-6,18H,1-3H3. The number of pyridine rings is 1. The third-order valence-electron chi connectivity index (χ3n) is 2.63. The predicted octanol–water partition coefficient (Wildman–Crippen LogP) is 2.25. The Labute approximate surface area is 113 Å². The second kappa shape index (κ2) is 3.99. The molecule has 3 heterocycles. The van der Waals surface area contributed by atoms with Gasteiger partial charge in [-0.15, -0.1) is 10.2 Å². The van der Waals surface area contributed by atoms with Crippen LogP contribution in [0.25, 0.3) is 15.5 Å². The molecule has 0 radical (unpaired) electrons. The highest BCUT2D eigenvalue weighted by Gasteiger charge is 2.23. The van der Waals surface area contributed by atoms with Crippen LogP contribution in [0, 0.1) is 0 Å². The van der Waals surface area contributed by atoms with Gasteiger partial charge in [0, 0.05) is 17.2 Å². The van der Waals surface area contributed by atoms with Crippen LogP contribution in [-0.4, -0.2) is 29.9 Å². The number of hydrogen-bond donors (Lipinski definition) is 1. The number of aromatic hydroxyl groups is 1. The van der Waals surface area contributed by atoms with Crippen LogP contribution in [0.2, 0.25) is 0 Å². The number of hydrogen-bond acceptors (Lipinski definition) is 6. The van der Waals surface area contributed by atoms with Gasteiger partial charge in [0.15, 0.2) is 5.82 Å². The molecule has 0 saturated heterocycles. The zero-order chi connectivity index (χ0) is 13.6. The quantitative estimate of drug-likeness (QED) is 0.737. The lowest BCUT2D eigenvalue weighted by atomic mass is 9.96. The van der Waals surface area contributed by atoms with E-state index in [1.807, 2.05) is 0 Å². The van der Waals surface area contributed by atoms with Crippen LogP contribution < -0.4 is 0 Å². The topological polar surface area (TPSA) is 76.2 Å². The van der Waals surface area contributed by atoms with Crippen LogP contribution in [0.5, 0.6) is 5.75 Å². The molecule has 0 atom stereocenters. The molecule has 98 valence electrons. The SMILES string of the molecule is CC(C)(C)c1nnc2sc(-c3cncc(O)c3)nn12. The number of aromatic nitrogens is 5. The third kappa shape index (κ3) is 2.06. The van der Waals surface area contributed by atoms with Crippen molar-refractivity contribution in [2.45, 2.75) is 26.2 Å². The minimum absolute atomic E-state index is 0.123. The van der Waals surface area contributed by atoms with E-state index < -0.39 is 0 Å². The van der Waals surface area contributed by atoms with Crippen LogP contribution in [0.3, 0.4) is 0 Å². The Hall–Kier alpha value is -2.02. The fourth-order valence-electron chi connectivity index (χ4n) is 1.75. The number of rotatable bonds is 1. The van der Waals surface area contributed by atoms with Crippen molar-refractivity contribution >= 4 is 16.3 Å². The van der Waals surface area contributed by atoms with E-state index in [2.05, 4.69) is 41.1 Å². The first-order valence-corrected chi connectivity index (χ1v) is 6.64. The van der Waals surface area contributed by atoms with Gasteiger partial charge < -0.3 is 5.11 Å². The molecule has 0 aliphatic heterocycles. The van der Waals surface area contributed by atoms with Gasteiger partial charge in [-0.3, -0.25) is 4.98 Å². The summed E-state index contributed by atoms with van der Waals surface area (Å²) in [5, 5.41) is 23.1. The largest absolute Gasteiger partial charge is 0.506 e. The Morgan fingerprint density at radius 2 is 2.00 bits per heavy atom. The Bertz CT molecular complexity index is 740. The van der Waals surface area contributed by atoms with Gasteiger partial charge in [0.1, 0.15) is 10.8 Å². The van der Waals surface area contributed by atoms with Crippen molar-refractivity contribution in [3.8, 4) is 16.3 Å². The molecule has 3 rings (SSSR count). The maximum Gasteiger partial charge on any atom is 0.235 e. The van der Waals surface area contributed by atoms with E-state index in [1.165, 1.54) is 17.5 Å². The molecular formula is C12H13N5OS. The lowest BCUT2D eigenvalue weighted by Gasteiger charge is -2.13. The molecule has 19 heavy (non-hydrogen) atoms. The molecule has 0 unspecified atom stereocenters. The van der Waals surface area contributed by atoms with Crippen molar-refractivity contribution in [1.29, 1.82) is 0 Å². The molecule has 1 N–H and O–H groups in total. The third-order valence-corrected chi connectivity index (χ3v) is 3.58. The highest BCUT2D eigenvalue weighted by atomic mass is 32.1. The summed E-state index contributed by atoms with van der Waals surface area (Å²) >= 11 is 1.42. The van der Waals surface area contributed by atoms with E-state index in [1.54, 1.807) is 16.8 Å². The van der Waals surface area contributed by atoms with Crippen molar-refractivity contribution < 1.29 is 5.11 Å². The summed E-state index contributed by atoms with van der Waals surface area (Å²) in [5.41, 5.74) is 0.650. The molecule has 3 aromatic rings. The van der Waals surface area contributed by atoms with Crippen molar-refractivity contribution in [2.75, 3.05) is 0 Å². The summed E-state index contributed by atoms with van der Waals surface area (Å²) in [6, 6.07) is 1.63. The lowest BCUT2D eigenvalue weighted by molar-refractivity contribution is 0.473. The Kier molecular flexibility index (Phi) is 2.53. The summed E-state index contributed by atoms with van der Waals surface area (Å²) in [6.45, 7) is 6.20. The summed E-state index contributed by atoms with van der Waals surface area (Å²) in [4.78, 5) is 4.70. The Morgan fingerprint density at radius 1 is 1.21 bits per heavy atom. The van der Waals surface area contributed by atoms with Crippen LogP contribution in [0.1, 0.15) is 26.6 Å². The summed E-state index contributed by atoms with van der Waals surface area (Å²) in [5.74, 6) is 0.942. The summed E-state index contributed by atoms with van der Waals surface area (Å²) < 4.78 is 1.75. The Balaban J connectivity index is 2.15.